The molecule has 116 valence electrons. The van der Waals surface area contributed by atoms with Gasteiger partial charge in [-0.15, -0.1) is 0 Å². The maximum atomic E-state index is 12.1. The first-order chi connectivity index (χ1) is 10.5. The van der Waals surface area contributed by atoms with E-state index in [0.29, 0.717) is 12.2 Å². The predicted octanol–water partition coefficient (Wildman–Crippen LogP) is 1.62. The minimum atomic E-state index is -0.469. The Morgan fingerprint density at radius 1 is 1.41 bits per heavy atom. The molecule has 2 N–H and O–H groups in total. The number of aryl methyl sites for hydroxylation is 1. The van der Waals surface area contributed by atoms with Crippen molar-refractivity contribution in [1.29, 1.82) is 0 Å². The number of carbonyl (C=O) groups is 1. The summed E-state index contributed by atoms with van der Waals surface area (Å²) in [7, 11) is 1.94. The van der Waals surface area contributed by atoms with Crippen molar-refractivity contribution in [2.45, 2.75) is 13.5 Å². The zero-order chi connectivity index (χ0) is 16.1. The van der Waals surface area contributed by atoms with Crippen molar-refractivity contribution in [2.24, 2.45) is 0 Å². The minimum absolute atomic E-state index is 0.0279. The molecule has 1 aromatic heterocycles. The number of amides is 1. The molecule has 0 aliphatic rings. The number of nitro groups is 1. The molecule has 2 rings (SSSR count). The number of anilines is 1. The Morgan fingerprint density at radius 3 is 2.82 bits per heavy atom. The van der Waals surface area contributed by atoms with E-state index in [-0.39, 0.29) is 11.6 Å². The Balaban J connectivity index is 1.96. The van der Waals surface area contributed by atoms with E-state index in [2.05, 4.69) is 10.7 Å². The van der Waals surface area contributed by atoms with Gasteiger partial charge in [0.15, 0.2) is 6.54 Å². The van der Waals surface area contributed by atoms with Crippen LogP contribution in [0.3, 0.4) is 0 Å². The van der Waals surface area contributed by atoms with Crippen molar-refractivity contribution in [3.05, 3.63) is 56.3 Å². The lowest BCUT2D eigenvalue weighted by atomic mass is 10.2. The molecule has 1 unspecified atom stereocenters. The smallest absolute Gasteiger partial charge is 0.279 e. The number of quaternary nitrogens is 1. The molecule has 22 heavy (non-hydrogen) atoms. The number of benzene rings is 1. The zero-order valence-electron chi connectivity index (χ0n) is 12.5. The molecule has 1 aromatic carbocycles. The zero-order valence-corrected chi connectivity index (χ0v) is 13.3. The van der Waals surface area contributed by atoms with Gasteiger partial charge in [-0.25, -0.2) is 0 Å². The SMILES string of the molecule is Cc1ccc([N+](=O)[O-])cc1NC(=O)C[NH+](C)Cc1ccsc1. The number of hydrogen-bond donors (Lipinski definition) is 2. The second-order valence-electron chi connectivity index (χ2n) is 5.25. The Labute approximate surface area is 132 Å². The van der Waals surface area contributed by atoms with E-state index in [1.165, 1.54) is 17.7 Å². The molecule has 0 aliphatic heterocycles. The maximum Gasteiger partial charge on any atom is 0.279 e. The normalized spacial score (nSPS) is 11.9. The van der Waals surface area contributed by atoms with Gasteiger partial charge in [0.05, 0.1) is 17.7 Å². The first kappa shape index (κ1) is 16.1. The standard InChI is InChI=1S/C15H17N3O3S/c1-11-3-4-13(18(20)21)7-14(11)16-15(19)9-17(2)8-12-5-6-22-10-12/h3-7,10H,8-9H2,1-2H3,(H,16,19)/p+1. The van der Waals surface area contributed by atoms with Gasteiger partial charge in [-0.3, -0.25) is 14.9 Å². The molecule has 0 aliphatic carbocycles. The van der Waals surface area contributed by atoms with Crippen molar-refractivity contribution < 1.29 is 14.6 Å². The minimum Gasteiger partial charge on any atom is -0.326 e. The number of nitro benzene ring substituents is 1. The van der Waals surface area contributed by atoms with Crippen LogP contribution < -0.4 is 10.2 Å². The second kappa shape index (κ2) is 7.15. The van der Waals surface area contributed by atoms with E-state index in [9.17, 15) is 14.9 Å². The highest BCUT2D eigenvalue weighted by atomic mass is 32.1. The number of nitrogens with zero attached hydrogens (tertiary/aromatic N) is 1. The van der Waals surface area contributed by atoms with Crippen LogP contribution in [-0.2, 0) is 11.3 Å². The van der Waals surface area contributed by atoms with Gasteiger partial charge in [-0.05, 0) is 29.3 Å². The largest absolute Gasteiger partial charge is 0.326 e. The summed E-state index contributed by atoms with van der Waals surface area (Å²) in [5, 5.41) is 17.6. The van der Waals surface area contributed by atoms with Crippen LogP contribution in [0.1, 0.15) is 11.1 Å². The Kier molecular flexibility index (Phi) is 5.24. The average molecular weight is 320 g/mol. The summed E-state index contributed by atoms with van der Waals surface area (Å²) >= 11 is 1.63. The first-order valence-electron chi connectivity index (χ1n) is 6.83. The molecule has 1 amide bonds. The van der Waals surface area contributed by atoms with Crippen molar-refractivity contribution in [2.75, 3.05) is 18.9 Å². The molecule has 0 bridgehead atoms. The average Bonchev–Trinajstić information content (AvgIpc) is 2.93. The van der Waals surface area contributed by atoms with E-state index in [4.69, 9.17) is 0 Å². The molecule has 1 heterocycles. The molecule has 0 spiro atoms. The highest BCUT2D eigenvalue weighted by Gasteiger charge is 2.14. The van der Waals surface area contributed by atoms with E-state index in [1.807, 2.05) is 18.5 Å². The molecule has 0 radical (unpaired) electrons. The summed E-state index contributed by atoms with van der Waals surface area (Å²) in [5.74, 6) is -0.156. The molecule has 7 heteroatoms. The van der Waals surface area contributed by atoms with Crippen molar-refractivity contribution in [3.63, 3.8) is 0 Å². The number of carbonyl (C=O) groups excluding carboxylic acids is 1. The highest BCUT2D eigenvalue weighted by molar-refractivity contribution is 7.07. The van der Waals surface area contributed by atoms with Crippen molar-refractivity contribution in [3.8, 4) is 0 Å². The van der Waals surface area contributed by atoms with E-state index in [1.54, 1.807) is 24.3 Å². The fourth-order valence-corrected chi connectivity index (χ4v) is 2.80. The summed E-state index contributed by atoms with van der Waals surface area (Å²) in [6, 6.07) is 6.49. The second-order valence-corrected chi connectivity index (χ2v) is 6.03. The van der Waals surface area contributed by atoms with Crippen LogP contribution in [0.5, 0.6) is 0 Å². The van der Waals surface area contributed by atoms with Crippen LogP contribution in [0.25, 0.3) is 0 Å². The van der Waals surface area contributed by atoms with Crippen LogP contribution in [0.2, 0.25) is 0 Å². The molecule has 0 saturated heterocycles. The van der Waals surface area contributed by atoms with E-state index < -0.39 is 4.92 Å². The number of rotatable bonds is 6. The predicted molar refractivity (Wildman–Crippen MR) is 86.2 cm³/mol. The van der Waals surface area contributed by atoms with Crippen LogP contribution in [0.4, 0.5) is 11.4 Å². The third-order valence-corrected chi connectivity index (χ3v) is 3.99. The number of hydrogen-bond acceptors (Lipinski definition) is 4. The van der Waals surface area contributed by atoms with Crippen molar-refractivity contribution in [1.82, 2.24) is 0 Å². The van der Waals surface area contributed by atoms with Gasteiger partial charge in [0.1, 0.15) is 6.54 Å². The summed E-state index contributed by atoms with van der Waals surface area (Å²) in [5.41, 5.74) is 2.46. The van der Waals surface area contributed by atoms with Gasteiger partial charge in [0.2, 0.25) is 0 Å². The molecule has 2 aromatic rings. The molecular formula is C15H18N3O3S+. The lowest BCUT2D eigenvalue weighted by Crippen LogP contribution is -3.08. The highest BCUT2D eigenvalue weighted by Crippen LogP contribution is 2.21. The van der Waals surface area contributed by atoms with Gasteiger partial charge in [-0.1, -0.05) is 6.07 Å². The van der Waals surface area contributed by atoms with Gasteiger partial charge in [0.25, 0.3) is 11.6 Å². The Hall–Kier alpha value is -2.25. The van der Waals surface area contributed by atoms with E-state index in [0.717, 1.165) is 17.0 Å². The van der Waals surface area contributed by atoms with Crippen LogP contribution >= 0.6 is 11.3 Å². The lowest BCUT2D eigenvalue weighted by Gasteiger charge is -2.14. The maximum absolute atomic E-state index is 12.1. The lowest BCUT2D eigenvalue weighted by molar-refractivity contribution is -0.885. The fourth-order valence-electron chi connectivity index (χ4n) is 2.13. The molecular weight excluding hydrogens is 302 g/mol. The molecule has 6 nitrogen and oxygen atoms in total. The number of thiophene rings is 1. The summed E-state index contributed by atoms with van der Waals surface area (Å²) in [6.45, 7) is 2.88. The van der Waals surface area contributed by atoms with Crippen LogP contribution in [-0.4, -0.2) is 24.4 Å². The number of nitrogens with one attached hydrogen (secondary N) is 2. The van der Waals surface area contributed by atoms with Crippen LogP contribution in [0.15, 0.2) is 35.0 Å². The van der Waals surface area contributed by atoms with Crippen molar-refractivity contribution >= 4 is 28.6 Å². The van der Waals surface area contributed by atoms with Gasteiger partial charge in [0, 0.05) is 17.7 Å². The van der Waals surface area contributed by atoms with Gasteiger partial charge >= 0.3 is 0 Å². The monoisotopic (exact) mass is 320 g/mol. The molecule has 1 atom stereocenters. The summed E-state index contributed by atoms with van der Waals surface area (Å²) in [4.78, 5) is 23.5. The third kappa shape index (κ3) is 4.37. The molecule has 0 saturated carbocycles. The first-order valence-corrected chi connectivity index (χ1v) is 7.77. The molecule has 0 fully saturated rings. The summed E-state index contributed by atoms with van der Waals surface area (Å²) in [6.07, 6.45) is 0. The number of non-ortho nitro benzene ring substituents is 1. The third-order valence-electron chi connectivity index (χ3n) is 3.25. The fraction of sp³-hybridized carbons (Fsp3) is 0.267. The number of likely N-dealkylation sites (N-methyl/N-ethyl adjacent to an activating group) is 1. The quantitative estimate of drug-likeness (QED) is 0.627. The van der Waals surface area contributed by atoms with E-state index >= 15 is 0 Å². The van der Waals surface area contributed by atoms with Crippen LogP contribution in [0, 0.1) is 17.0 Å². The van der Waals surface area contributed by atoms with Gasteiger partial charge in [-0.2, -0.15) is 11.3 Å². The Morgan fingerprint density at radius 2 is 2.18 bits per heavy atom. The Bertz CT molecular complexity index is 671. The summed E-state index contributed by atoms with van der Waals surface area (Å²) < 4.78 is 0. The topological polar surface area (TPSA) is 76.7 Å². The van der Waals surface area contributed by atoms with Gasteiger partial charge < -0.3 is 10.2 Å².